The molecule has 1 amide bonds. The minimum Gasteiger partial charge on any atom is -0.494 e. The maximum absolute atomic E-state index is 12.8. The second kappa shape index (κ2) is 12.2. The third-order valence-electron chi connectivity index (χ3n) is 5.86. The number of benzene rings is 3. The van der Waals surface area contributed by atoms with E-state index in [-0.39, 0.29) is 10.8 Å². The summed E-state index contributed by atoms with van der Waals surface area (Å²) in [5.74, 6) is -2.13. The fraction of sp³-hybridized carbons (Fsp3) is 0.259. The summed E-state index contributed by atoms with van der Waals surface area (Å²) in [5, 5.41) is 10.2. The number of halogens is 3. The summed E-state index contributed by atoms with van der Waals surface area (Å²) < 4.78 is 65.0. The minimum absolute atomic E-state index is 0.00377. The van der Waals surface area contributed by atoms with Crippen LogP contribution in [0, 0.1) is 0 Å². The van der Waals surface area contributed by atoms with E-state index in [9.17, 15) is 26.4 Å². The molecule has 0 saturated heterocycles. The lowest BCUT2D eigenvalue weighted by Gasteiger charge is -2.17. The summed E-state index contributed by atoms with van der Waals surface area (Å²) in [4.78, 5) is 21.9. The molecule has 4 rings (SSSR count). The van der Waals surface area contributed by atoms with Crippen molar-refractivity contribution in [2.24, 2.45) is 0 Å². The van der Waals surface area contributed by atoms with Gasteiger partial charge in [0.05, 0.1) is 16.9 Å². The van der Waals surface area contributed by atoms with Gasteiger partial charge in [-0.2, -0.15) is 13.2 Å². The molecule has 1 saturated carbocycles. The summed E-state index contributed by atoms with van der Waals surface area (Å²) in [7, 11) is -3.72. The van der Waals surface area contributed by atoms with Crippen molar-refractivity contribution in [3.8, 4) is 5.75 Å². The van der Waals surface area contributed by atoms with Crippen molar-refractivity contribution in [3.05, 3.63) is 90.0 Å². The molecule has 0 atom stereocenters. The van der Waals surface area contributed by atoms with Crippen molar-refractivity contribution in [1.29, 1.82) is 0 Å². The number of carbonyl (C=O) groups excluding carboxylic acids is 1. The Morgan fingerprint density at radius 3 is 2.00 bits per heavy atom. The van der Waals surface area contributed by atoms with E-state index in [1.807, 2.05) is 49.4 Å². The van der Waals surface area contributed by atoms with E-state index in [1.165, 1.54) is 12.1 Å². The van der Waals surface area contributed by atoms with Crippen LogP contribution in [0.1, 0.15) is 30.9 Å². The monoisotopic (exact) mass is 564 g/mol. The first-order chi connectivity index (χ1) is 18.4. The molecule has 0 bridgehead atoms. The Labute approximate surface area is 223 Å². The Bertz CT molecular complexity index is 1370. The lowest BCUT2D eigenvalue weighted by atomic mass is 9.94. The third-order valence-corrected chi connectivity index (χ3v) is 7.25. The lowest BCUT2D eigenvalue weighted by Crippen LogP contribution is -2.34. The van der Waals surface area contributed by atoms with Crippen molar-refractivity contribution >= 4 is 27.6 Å². The van der Waals surface area contributed by atoms with Gasteiger partial charge in [0.25, 0.3) is 10.0 Å². The van der Waals surface area contributed by atoms with Crippen LogP contribution in [0.5, 0.6) is 5.75 Å². The van der Waals surface area contributed by atoms with Gasteiger partial charge in [-0.25, -0.2) is 13.2 Å². The maximum Gasteiger partial charge on any atom is 0.490 e. The molecule has 8 nitrogen and oxygen atoms in total. The zero-order chi connectivity index (χ0) is 28.7. The fourth-order valence-electron chi connectivity index (χ4n) is 3.67. The summed E-state index contributed by atoms with van der Waals surface area (Å²) >= 11 is 0. The van der Waals surface area contributed by atoms with Crippen LogP contribution in [0.25, 0.3) is 0 Å². The number of alkyl halides is 3. The smallest absolute Gasteiger partial charge is 0.490 e. The molecule has 3 aromatic carbocycles. The molecule has 0 spiro atoms. The van der Waals surface area contributed by atoms with Crippen molar-refractivity contribution in [2.75, 3.05) is 11.3 Å². The van der Waals surface area contributed by atoms with Crippen molar-refractivity contribution in [1.82, 2.24) is 5.32 Å². The lowest BCUT2D eigenvalue weighted by molar-refractivity contribution is -0.192. The number of hydrogen-bond donors (Lipinski definition) is 3. The molecule has 0 aromatic heterocycles. The Kier molecular flexibility index (Phi) is 9.23. The van der Waals surface area contributed by atoms with Gasteiger partial charge in [0.1, 0.15) is 5.75 Å². The molecule has 1 aliphatic rings. The molecule has 3 aromatic rings. The number of carboxylic acid groups (broad SMARTS) is 1. The number of aliphatic carboxylic acids is 1. The van der Waals surface area contributed by atoms with Crippen LogP contribution in [0.15, 0.2) is 83.8 Å². The quantitative estimate of drug-likeness (QED) is 0.341. The number of carbonyl (C=O) groups is 2. The SMILES string of the molecule is CCOc1ccc(S(=O)(=O)Nc2ccc(C3(C(=O)NCc4ccccc4)CC3)cc2)cc1.O=C(O)C(F)(F)F. The zero-order valence-corrected chi connectivity index (χ0v) is 21.7. The van der Waals surface area contributed by atoms with E-state index in [1.54, 1.807) is 24.3 Å². The van der Waals surface area contributed by atoms with Crippen molar-refractivity contribution in [2.45, 2.75) is 42.8 Å². The fourth-order valence-corrected chi connectivity index (χ4v) is 4.73. The molecule has 0 heterocycles. The molecule has 0 unspecified atom stereocenters. The van der Waals surface area contributed by atoms with Gasteiger partial charge in [0.2, 0.25) is 5.91 Å². The number of nitrogens with one attached hydrogen (secondary N) is 2. The van der Waals surface area contributed by atoms with Gasteiger partial charge in [-0.15, -0.1) is 0 Å². The summed E-state index contributed by atoms with van der Waals surface area (Å²) in [5.41, 5.74) is 1.87. The maximum atomic E-state index is 12.8. The molecule has 208 valence electrons. The standard InChI is InChI=1S/C25H26N2O4S.C2HF3O2/c1-2-31-22-12-14-23(15-13-22)32(29,30)27-21-10-8-20(9-11-21)25(16-17-25)24(28)26-18-19-6-4-3-5-7-19;3-2(4,5)1(6)7/h3-15,27H,2,16-18H2,1H3,(H,26,28);(H,6,7). The van der Waals surface area contributed by atoms with Gasteiger partial charge < -0.3 is 15.2 Å². The average molecular weight is 565 g/mol. The molecule has 12 heteroatoms. The number of hydrogen-bond acceptors (Lipinski definition) is 5. The highest BCUT2D eigenvalue weighted by Crippen LogP contribution is 2.48. The number of sulfonamides is 1. The predicted molar refractivity (Wildman–Crippen MR) is 138 cm³/mol. The Morgan fingerprint density at radius 2 is 1.51 bits per heavy atom. The van der Waals surface area contributed by atoms with E-state index in [0.717, 1.165) is 24.0 Å². The Morgan fingerprint density at radius 1 is 0.949 bits per heavy atom. The normalized spacial score (nSPS) is 13.8. The van der Waals surface area contributed by atoms with E-state index >= 15 is 0 Å². The molecule has 0 radical (unpaired) electrons. The zero-order valence-electron chi connectivity index (χ0n) is 20.9. The molecular formula is C27H27F3N2O6S. The summed E-state index contributed by atoms with van der Waals surface area (Å²) in [6.07, 6.45) is -3.52. The highest BCUT2D eigenvalue weighted by atomic mass is 32.2. The highest BCUT2D eigenvalue weighted by Gasteiger charge is 2.51. The molecule has 1 aliphatic carbocycles. The molecule has 1 fully saturated rings. The Hall–Kier alpha value is -4.06. The molecule has 39 heavy (non-hydrogen) atoms. The minimum atomic E-state index is -5.08. The molecule has 0 aliphatic heterocycles. The van der Waals surface area contributed by atoms with E-state index in [4.69, 9.17) is 14.6 Å². The average Bonchev–Trinajstić information content (AvgIpc) is 3.71. The van der Waals surface area contributed by atoms with Crippen molar-refractivity contribution in [3.63, 3.8) is 0 Å². The van der Waals surface area contributed by atoms with Crippen LogP contribution < -0.4 is 14.8 Å². The van der Waals surface area contributed by atoms with Gasteiger partial charge in [0, 0.05) is 12.2 Å². The van der Waals surface area contributed by atoms with Crippen LogP contribution in [-0.4, -0.2) is 38.2 Å². The van der Waals surface area contributed by atoms with Crippen molar-refractivity contribution < 1.29 is 41.0 Å². The third kappa shape index (κ3) is 7.96. The van der Waals surface area contributed by atoms with Crippen LogP contribution in [0.4, 0.5) is 18.9 Å². The van der Waals surface area contributed by atoms with Crippen LogP contribution in [0.3, 0.4) is 0 Å². The number of anilines is 1. The predicted octanol–water partition coefficient (Wildman–Crippen LogP) is 4.87. The van der Waals surface area contributed by atoms with Crippen LogP contribution >= 0.6 is 0 Å². The first-order valence-corrected chi connectivity index (χ1v) is 13.3. The van der Waals surface area contributed by atoms with Gasteiger partial charge >= 0.3 is 12.1 Å². The second-order valence-electron chi connectivity index (χ2n) is 8.64. The summed E-state index contributed by atoms with van der Waals surface area (Å²) in [6.45, 7) is 2.87. The number of amides is 1. The first-order valence-electron chi connectivity index (χ1n) is 11.9. The Balaban J connectivity index is 0.000000532. The topological polar surface area (TPSA) is 122 Å². The van der Waals surface area contributed by atoms with Gasteiger partial charge in [-0.05, 0) is 67.3 Å². The van der Waals surface area contributed by atoms with E-state index in [2.05, 4.69) is 10.0 Å². The van der Waals surface area contributed by atoms with E-state index in [0.29, 0.717) is 24.6 Å². The highest BCUT2D eigenvalue weighted by molar-refractivity contribution is 7.92. The number of carboxylic acids is 1. The van der Waals surface area contributed by atoms with Crippen LogP contribution in [-0.2, 0) is 31.6 Å². The largest absolute Gasteiger partial charge is 0.494 e. The summed E-state index contributed by atoms with van der Waals surface area (Å²) in [6, 6.07) is 23.1. The van der Waals surface area contributed by atoms with Gasteiger partial charge in [-0.1, -0.05) is 42.5 Å². The number of ether oxygens (including phenoxy) is 1. The van der Waals surface area contributed by atoms with Gasteiger partial charge in [0.15, 0.2) is 0 Å². The van der Waals surface area contributed by atoms with Gasteiger partial charge in [-0.3, -0.25) is 9.52 Å². The van der Waals surface area contributed by atoms with E-state index < -0.39 is 27.6 Å². The molecular weight excluding hydrogens is 537 g/mol. The second-order valence-corrected chi connectivity index (χ2v) is 10.3. The number of rotatable bonds is 9. The molecule has 3 N–H and O–H groups in total. The van der Waals surface area contributed by atoms with Crippen LogP contribution in [0.2, 0.25) is 0 Å². The first kappa shape index (κ1) is 29.5.